The van der Waals surface area contributed by atoms with Gasteiger partial charge in [-0.2, -0.15) is 0 Å². The summed E-state index contributed by atoms with van der Waals surface area (Å²) < 4.78 is 12.1. The van der Waals surface area contributed by atoms with Crippen LogP contribution in [0.5, 0.6) is 5.75 Å². The number of halogens is 1. The highest BCUT2D eigenvalue weighted by Gasteiger charge is 2.46. The Morgan fingerprint density at radius 3 is 2.73 bits per heavy atom. The molecule has 1 aliphatic rings. The number of amides is 1. The summed E-state index contributed by atoms with van der Waals surface area (Å²) >= 11 is 8.93. The Balaban J connectivity index is 1.48. The number of rotatable bonds is 12. The van der Waals surface area contributed by atoms with Gasteiger partial charge in [-0.15, -0.1) is 10.2 Å². The molecular formula is C30H28ClN3O5S2. The van der Waals surface area contributed by atoms with Gasteiger partial charge < -0.3 is 14.3 Å². The number of thioether (sulfide) groups is 1. The molecule has 2 aromatic carbocycles. The van der Waals surface area contributed by atoms with Gasteiger partial charge in [0.15, 0.2) is 15.9 Å². The molecule has 0 saturated heterocycles. The molecule has 0 bridgehead atoms. The van der Waals surface area contributed by atoms with E-state index in [2.05, 4.69) is 17.1 Å². The molecule has 0 aliphatic carbocycles. The van der Waals surface area contributed by atoms with Gasteiger partial charge in [0, 0.05) is 10.8 Å². The number of ketones is 1. The molecule has 5 rings (SSSR count). The quantitative estimate of drug-likeness (QED) is 0.0752. The molecule has 2 aromatic heterocycles. The molecule has 41 heavy (non-hydrogen) atoms. The summed E-state index contributed by atoms with van der Waals surface area (Å²) in [6.45, 7) is 4.39. The number of carbonyl (C=O) groups is 2. The maximum Gasteiger partial charge on any atom is 0.296 e. The van der Waals surface area contributed by atoms with E-state index >= 15 is 0 Å². The number of unbranched alkanes of at least 4 members (excludes halogenated alkanes) is 2. The molecule has 3 heterocycles. The average Bonchev–Trinajstić information content (AvgIpc) is 3.69. The van der Waals surface area contributed by atoms with Crippen molar-refractivity contribution in [3.8, 4) is 5.75 Å². The van der Waals surface area contributed by atoms with Crippen molar-refractivity contribution in [2.75, 3.05) is 11.5 Å². The Kier molecular flexibility index (Phi) is 9.12. The number of hydrogen-bond acceptors (Lipinski definition) is 9. The van der Waals surface area contributed by atoms with E-state index in [1.54, 1.807) is 31.2 Å². The highest BCUT2D eigenvalue weighted by Crippen LogP contribution is 2.44. The Bertz CT molecular complexity index is 1600. The molecular weight excluding hydrogens is 582 g/mol. The third-order valence-electron chi connectivity index (χ3n) is 6.52. The first-order valence-corrected chi connectivity index (χ1v) is 15.4. The number of nitrogens with zero attached hydrogens (tertiary/aromatic N) is 3. The molecule has 1 unspecified atom stereocenters. The fourth-order valence-electron chi connectivity index (χ4n) is 4.47. The first kappa shape index (κ1) is 28.9. The van der Waals surface area contributed by atoms with Crippen molar-refractivity contribution in [3.63, 3.8) is 0 Å². The number of ether oxygens (including phenoxy) is 1. The van der Waals surface area contributed by atoms with Gasteiger partial charge in [-0.05, 0) is 54.8 Å². The molecule has 0 spiro atoms. The summed E-state index contributed by atoms with van der Waals surface area (Å²) in [5, 5.41) is 20.5. The number of aliphatic hydroxyl groups excluding tert-OH is 1. The van der Waals surface area contributed by atoms with Gasteiger partial charge in [-0.1, -0.05) is 84.8 Å². The number of furan rings is 1. The SMILES string of the molecule is CCCCCOc1cccc(C2C(C(=O)c3ccc(C)o3)=C(O)C(=O)N2c2nnc(SCc3ccccc3Cl)s2)c1. The number of aromatic nitrogens is 2. The minimum absolute atomic E-state index is 0.0314. The van der Waals surface area contributed by atoms with Gasteiger partial charge in [0.05, 0.1) is 18.2 Å². The predicted octanol–water partition coefficient (Wildman–Crippen LogP) is 7.74. The highest BCUT2D eigenvalue weighted by atomic mass is 35.5. The second kappa shape index (κ2) is 12.9. The summed E-state index contributed by atoms with van der Waals surface area (Å²) in [6, 6.07) is 17.0. The molecule has 11 heteroatoms. The van der Waals surface area contributed by atoms with Crippen molar-refractivity contribution in [3.05, 3.63) is 99.7 Å². The van der Waals surface area contributed by atoms with E-state index in [-0.39, 0.29) is 16.5 Å². The number of aliphatic hydroxyl groups is 1. The van der Waals surface area contributed by atoms with Crippen LogP contribution in [-0.2, 0) is 10.5 Å². The third kappa shape index (κ3) is 6.34. The van der Waals surface area contributed by atoms with E-state index in [1.165, 1.54) is 34.1 Å². The zero-order valence-corrected chi connectivity index (χ0v) is 24.9. The van der Waals surface area contributed by atoms with Gasteiger partial charge in [0.1, 0.15) is 11.5 Å². The van der Waals surface area contributed by atoms with Crippen LogP contribution in [0.3, 0.4) is 0 Å². The van der Waals surface area contributed by atoms with Crippen LogP contribution >= 0.6 is 34.7 Å². The van der Waals surface area contributed by atoms with E-state index in [0.717, 1.165) is 24.8 Å². The number of Topliss-reactive ketones (excluding diaryl/α,β-unsaturated/α-hetero) is 1. The van der Waals surface area contributed by atoms with Crippen LogP contribution in [0.25, 0.3) is 0 Å². The molecule has 8 nitrogen and oxygen atoms in total. The van der Waals surface area contributed by atoms with Crippen molar-refractivity contribution in [2.24, 2.45) is 0 Å². The Morgan fingerprint density at radius 1 is 1.15 bits per heavy atom. The molecule has 1 amide bonds. The molecule has 1 aliphatic heterocycles. The number of aryl methyl sites for hydroxylation is 1. The van der Waals surface area contributed by atoms with Crippen molar-refractivity contribution in [1.29, 1.82) is 0 Å². The number of anilines is 1. The summed E-state index contributed by atoms with van der Waals surface area (Å²) in [6.07, 6.45) is 3.04. The second-order valence-corrected chi connectivity index (χ2v) is 12.0. The fraction of sp³-hybridized carbons (Fsp3) is 0.267. The Morgan fingerprint density at radius 2 is 1.98 bits per heavy atom. The van der Waals surface area contributed by atoms with Crippen LogP contribution in [0.15, 0.2) is 80.8 Å². The lowest BCUT2D eigenvalue weighted by Gasteiger charge is -2.24. The molecule has 1 atom stereocenters. The van der Waals surface area contributed by atoms with Crippen molar-refractivity contribution < 1.29 is 23.8 Å². The lowest BCUT2D eigenvalue weighted by Crippen LogP contribution is -2.31. The van der Waals surface area contributed by atoms with Crippen molar-refractivity contribution in [2.45, 2.75) is 49.2 Å². The first-order valence-electron chi connectivity index (χ1n) is 13.2. The lowest BCUT2D eigenvalue weighted by molar-refractivity contribution is -0.117. The predicted molar refractivity (Wildman–Crippen MR) is 160 cm³/mol. The zero-order valence-electron chi connectivity index (χ0n) is 22.5. The smallest absolute Gasteiger partial charge is 0.296 e. The van der Waals surface area contributed by atoms with E-state index in [1.807, 2.05) is 30.3 Å². The average molecular weight is 610 g/mol. The Labute approximate surface area is 251 Å². The van der Waals surface area contributed by atoms with Gasteiger partial charge in [0.2, 0.25) is 10.9 Å². The maximum absolute atomic E-state index is 13.6. The third-order valence-corrected chi connectivity index (χ3v) is 8.99. The summed E-state index contributed by atoms with van der Waals surface area (Å²) in [5.74, 6) is -0.232. The normalized spacial score (nSPS) is 15.1. The van der Waals surface area contributed by atoms with Crippen LogP contribution in [0.4, 0.5) is 5.13 Å². The highest BCUT2D eigenvalue weighted by molar-refractivity contribution is 8.00. The zero-order chi connectivity index (χ0) is 28.9. The van der Waals surface area contributed by atoms with Crippen LogP contribution in [0.2, 0.25) is 5.02 Å². The minimum atomic E-state index is -0.964. The fourth-order valence-corrected chi connectivity index (χ4v) is 6.62. The van der Waals surface area contributed by atoms with E-state index in [9.17, 15) is 14.7 Å². The monoisotopic (exact) mass is 609 g/mol. The van der Waals surface area contributed by atoms with Gasteiger partial charge in [0.25, 0.3) is 5.91 Å². The van der Waals surface area contributed by atoms with E-state index in [0.29, 0.717) is 38.8 Å². The largest absolute Gasteiger partial charge is 0.503 e. The summed E-state index contributed by atoms with van der Waals surface area (Å²) in [7, 11) is 0. The Hall–Kier alpha value is -3.60. The van der Waals surface area contributed by atoms with Gasteiger partial charge >= 0.3 is 0 Å². The molecule has 0 radical (unpaired) electrons. The van der Waals surface area contributed by atoms with Crippen molar-refractivity contribution in [1.82, 2.24) is 10.2 Å². The van der Waals surface area contributed by atoms with Crippen LogP contribution in [0, 0.1) is 6.92 Å². The summed E-state index contributed by atoms with van der Waals surface area (Å²) in [4.78, 5) is 28.5. The number of carbonyl (C=O) groups excluding carboxylic acids is 2. The molecule has 1 N–H and O–H groups in total. The van der Waals surface area contributed by atoms with Crippen LogP contribution in [0.1, 0.15) is 59.7 Å². The van der Waals surface area contributed by atoms with E-state index in [4.69, 9.17) is 20.8 Å². The maximum atomic E-state index is 13.6. The minimum Gasteiger partial charge on any atom is -0.503 e. The second-order valence-electron chi connectivity index (χ2n) is 9.44. The van der Waals surface area contributed by atoms with Crippen LogP contribution in [-0.4, -0.2) is 33.6 Å². The first-order chi connectivity index (χ1) is 19.9. The number of benzene rings is 2. The van der Waals surface area contributed by atoms with Gasteiger partial charge in [-0.3, -0.25) is 14.5 Å². The van der Waals surface area contributed by atoms with Crippen molar-refractivity contribution >= 4 is 51.5 Å². The van der Waals surface area contributed by atoms with Gasteiger partial charge in [-0.25, -0.2) is 0 Å². The molecule has 0 fully saturated rings. The molecule has 4 aromatic rings. The lowest BCUT2D eigenvalue weighted by atomic mass is 9.95. The molecule has 0 saturated carbocycles. The number of hydrogen-bond donors (Lipinski definition) is 1. The standard InChI is InChI=1S/C30H28ClN3O5S2/c1-3-4-7-15-38-21-11-8-10-19(16-21)25-24(26(35)23-14-13-18(2)39-23)27(36)28(37)34(25)29-32-33-30(41-29)40-17-20-9-5-6-12-22(20)31/h5-6,8-14,16,25,36H,3-4,7,15,17H2,1-2H3. The topological polar surface area (TPSA) is 106 Å². The molecule has 212 valence electrons. The summed E-state index contributed by atoms with van der Waals surface area (Å²) in [5.41, 5.74) is 1.44. The van der Waals surface area contributed by atoms with Crippen LogP contribution < -0.4 is 9.64 Å². The van der Waals surface area contributed by atoms with E-state index < -0.39 is 23.5 Å².